The maximum atomic E-state index is 3.88. The van der Waals surface area contributed by atoms with Gasteiger partial charge in [0, 0.05) is 24.2 Å². The fourth-order valence-electron chi connectivity index (χ4n) is 1.17. The van der Waals surface area contributed by atoms with Crippen LogP contribution in [0.5, 0.6) is 0 Å². The normalized spacial score (nSPS) is 10.6. The van der Waals surface area contributed by atoms with Crippen LogP contribution in [-0.2, 0) is 13.1 Å². The molecule has 0 aliphatic rings. The minimum atomic E-state index is 0.866. The molecule has 0 atom stereocenters. The van der Waals surface area contributed by atoms with Gasteiger partial charge in [-0.3, -0.25) is 4.68 Å². The zero-order chi connectivity index (χ0) is 9.64. The molecule has 0 amide bonds. The molecule has 4 nitrogen and oxygen atoms in total. The molecule has 5 heteroatoms. The number of nitrogens with zero attached hydrogens (tertiary/aromatic N) is 3. The lowest BCUT2D eigenvalue weighted by Crippen LogP contribution is -2.19. The van der Waals surface area contributed by atoms with E-state index in [-0.39, 0.29) is 0 Å². The highest BCUT2D eigenvalue weighted by Gasteiger charge is 1.93. The Labute approximate surface area is 86.6 Å². The first-order valence-electron chi connectivity index (χ1n) is 4.52. The molecule has 2 rings (SSSR count). The zero-order valence-corrected chi connectivity index (χ0v) is 8.57. The number of rotatable bonds is 5. The van der Waals surface area contributed by atoms with Crippen molar-refractivity contribution in [2.45, 2.75) is 13.1 Å². The molecule has 0 aliphatic carbocycles. The van der Waals surface area contributed by atoms with Gasteiger partial charge in [-0.1, -0.05) is 11.3 Å². The monoisotopic (exact) mass is 208 g/mol. The molecule has 0 fully saturated rings. The second-order valence-electron chi connectivity index (χ2n) is 2.92. The van der Waals surface area contributed by atoms with Gasteiger partial charge in [-0.2, -0.15) is 0 Å². The smallest absolute Gasteiger partial charge is 0.0692 e. The fourth-order valence-corrected chi connectivity index (χ4v) is 1.84. The van der Waals surface area contributed by atoms with Gasteiger partial charge >= 0.3 is 0 Å². The van der Waals surface area contributed by atoms with Crippen LogP contribution in [0.4, 0.5) is 0 Å². The predicted molar refractivity (Wildman–Crippen MR) is 56.0 cm³/mol. The van der Waals surface area contributed by atoms with Gasteiger partial charge < -0.3 is 5.32 Å². The van der Waals surface area contributed by atoms with E-state index >= 15 is 0 Å². The summed E-state index contributed by atoms with van der Waals surface area (Å²) in [5, 5.41) is 13.1. The van der Waals surface area contributed by atoms with Crippen molar-refractivity contribution in [2.24, 2.45) is 0 Å². The highest BCUT2D eigenvalue weighted by molar-refractivity contribution is 7.09. The summed E-state index contributed by atoms with van der Waals surface area (Å²) in [5.74, 6) is 0. The van der Waals surface area contributed by atoms with Crippen molar-refractivity contribution in [1.82, 2.24) is 20.3 Å². The number of aromatic nitrogens is 3. The van der Waals surface area contributed by atoms with Crippen LogP contribution in [0, 0.1) is 0 Å². The van der Waals surface area contributed by atoms with Crippen LogP contribution in [0.25, 0.3) is 0 Å². The third-order valence-corrected chi connectivity index (χ3v) is 2.75. The molecule has 2 heterocycles. The topological polar surface area (TPSA) is 42.7 Å². The molecule has 0 saturated carbocycles. The number of hydrogen-bond donors (Lipinski definition) is 1. The highest BCUT2D eigenvalue weighted by atomic mass is 32.1. The summed E-state index contributed by atoms with van der Waals surface area (Å²) in [6.07, 6.45) is 3.56. The van der Waals surface area contributed by atoms with E-state index in [9.17, 15) is 0 Å². The van der Waals surface area contributed by atoms with Crippen LogP contribution in [0.2, 0.25) is 0 Å². The Kier molecular flexibility index (Phi) is 3.26. The molecule has 2 aromatic rings. The average Bonchev–Trinajstić information content (AvgIpc) is 2.86. The van der Waals surface area contributed by atoms with E-state index in [4.69, 9.17) is 0 Å². The summed E-state index contributed by atoms with van der Waals surface area (Å²) < 4.78 is 1.82. The van der Waals surface area contributed by atoms with E-state index in [1.165, 1.54) is 4.88 Å². The first-order chi connectivity index (χ1) is 6.95. The van der Waals surface area contributed by atoms with Crippen LogP contribution in [0.15, 0.2) is 29.9 Å². The minimum absolute atomic E-state index is 0.866. The number of thiophene rings is 1. The van der Waals surface area contributed by atoms with Gasteiger partial charge in [0.2, 0.25) is 0 Å². The van der Waals surface area contributed by atoms with E-state index < -0.39 is 0 Å². The molecule has 74 valence electrons. The van der Waals surface area contributed by atoms with Gasteiger partial charge in [0.25, 0.3) is 0 Å². The van der Waals surface area contributed by atoms with Crippen molar-refractivity contribution in [3.63, 3.8) is 0 Å². The lowest BCUT2D eigenvalue weighted by molar-refractivity contribution is 0.542. The molecule has 14 heavy (non-hydrogen) atoms. The van der Waals surface area contributed by atoms with Crippen LogP contribution in [-0.4, -0.2) is 21.5 Å². The quantitative estimate of drug-likeness (QED) is 0.749. The van der Waals surface area contributed by atoms with Crippen molar-refractivity contribution < 1.29 is 0 Å². The Morgan fingerprint density at radius 1 is 1.50 bits per heavy atom. The second-order valence-corrected chi connectivity index (χ2v) is 3.95. The first kappa shape index (κ1) is 9.36. The van der Waals surface area contributed by atoms with Crippen LogP contribution < -0.4 is 5.32 Å². The van der Waals surface area contributed by atoms with Gasteiger partial charge in [0.15, 0.2) is 0 Å². The summed E-state index contributed by atoms with van der Waals surface area (Å²) >= 11 is 1.77. The molecule has 0 unspecified atom stereocenters. The van der Waals surface area contributed by atoms with Gasteiger partial charge in [0.1, 0.15) is 0 Å². The maximum absolute atomic E-state index is 3.88. The molecule has 0 bridgehead atoms. The first-order valence-corrected chi connectivity index (χ1v) is 5.40. The lowest BCUT2D eigenvalue weighted by Gasteiger charge is -2.02. The minimum Gasteiger partial charge on any atom is -0.310 e. The maximum Gasteiger partial charge on any atom is 0.0692 e. The summed E-state index contributed by atoms with van der Waals surface area (Å²) in [6.45, 7) is 2.72. The van der Waals surface area contributed by atoms with Gasteiger partial charge in [-0.15, -0.1) is 16.4 Å². The molecule has 0 saturated heterocycles. The molecular formula is C9H12N4S. The molecular weight excluding hydrogens is 196 g/mol. The Bertz CT molecular complexity index is 305. The standard InChI is InChI=1S/C9H12N4S/c1-2-9(14-7-1)8-10-3-5-13-6-4-11-12-13/h1-2,4,6-7,10H,3,5,8H2. The van der Waals surface area contributed by atoms with Crippen molar-refractivity contribution in [1.29, 1.82) is 0 Å². The Hall–Kier alpha value is -1.20. The van der Waals surface area contributed by atoms with Crippen molar-refractivity contribution in [3.05, 3.63) is 34.8 Å². The van der Waals surface area contributed by atoms with Crippen LogP contribution in [0.1, 0.15) is 4.88 Å². The lowest BCUT2D eigenvalue weighted by atomic mass is 10.4. The number of nitrogens with one attached hydrogen (secondary N) is 1. The molecule has 0 spiro atoms. The van der Waals surface area contributed by atoms with Crippen molar-refractivity contribution in [3.8, 4) is 0 Å². The molecule has 2 aromatic heterocycles. The SMILES string of the molecule is c1csc(CNCCn2ccnn2)c1. The zero-order valence-electron chi connectivity index (χ0n) is 7.76. The third-order valence-electron chi connectivity index (χ3n) is 1.87. The van der Waals surface area contributed by atoms with Crippen molar-refractivity contribution in [2.75, 3.05) is 6.54 Å². The Morgan fingerprint density at radius 2 is 2.50 bits per heavy atom. The van der Waals surface area contributed by atoms with E-state index in [0.717, 1.165) is 19.6 Å². The second kappa shape index (κ2) is 4.88. The van der Waals surface area contributed by atoms with Gasteiger partial charge in [-0.05, 0) is 11.4 Å². The summed E-state index contributed by atoms with van der Waals surface area (Å²) in [5.41, 5.74) is 0. The number of hydrogen-bond acceptors (Lipinski definition) is 4. The molecule has 0 radical (unpaired) electrons. The molecule has 0 aromatic carbocycles. The van der Waals surface area contributed by atoms with E-state index in [2.05, 4.69) is 33.1 Å². The van der Waals surface area contributed by atoms with E-state index in [0.29, 0.717) is 0 Å². The fraction of sp³-hybridized carbons (Fsp3) is 0.333. The molecule has 0 aliphatic heterocycles. The van der Waals surface area contributed by atoms with Gasteiger partial charge in [-0.25, -0.2) is 0 Å². The Morgan fingerprint density at radius 3 is 3.21 bits per heavy atom. The molecule has 1 N–H and O–H groups in total. The highest BCUT2D eigenvalue weighted by Crippen LogP contribution is 2.06. The third kappa shape index (κ3) is 2.65. The average molecular weight is 208 g/mol. The van der Waals surface area contributed by atoms with Crippen LogP contribution in [0.3, 0.4) is 0 Å². The summed E-state index contributed by atoms with van der Waals surface area (Å²) in [4.78, 5) is 1.36. The largest absolute Gasteiger partial charge is 0.310 e. The predicted octanol–water partition coefficient (Wildman–Crippen LogP) is 1.13. The van der Waals surface area contributed by atoms with Gasteiger partial charge in [0.05, 0.1) is 12.7 Å². The summed E-state index contributed by atoms with van der Waals surface area (Å²) in [6, 6.07) is 4.20. The Balaban J connectivity index is 1.65. The van der Waals surface area contributed by atoms with E-state index in [1.807, 2.05) is 10.9 Å². The van der Waals surface area contributed by atoms with Crippen LogP contribution >= 0.6 is 11.3 Å². The van der Waals surface area contributed by atoms with Crippen molar-refractivity contribution >= 4 is 11.3 Å². The van der Waals surface area contributed by atoms with E-state index in [1.54, 1.807) is 17.5 Å². The summed E-state index contributed by atoms with van der Waals surface area (Å²) in [7, 11) is 0.